The van der Waals surface area contributed by atoms with E-state index in [1.165, 1.54) is 0 Å². The molecule has 1 unspecified atom stereocenters. The first-order chi connectivity index (χ1) is 18.5. The minimum absolute atomic E-state index is 0. The van der Waals surface area contributed by atoms with Crippen LogP contribution in [0.4, 0.5) is 31.5 Å². The number of thiazole rings is 1. The van der Waals surface area contributed by atoms with Gasteiger partial charge in [0.2, 0.25) is 0 Å². The van der Waals surface area contributed by atoms with Gasteiger partial charge in [0, 0.05) is 43.1 Å². The van der Waals surface area contributed by atoms with Crippen molar-refractivity contribution in [3.05, 3.63) is 66.9 Å². The number of carbonyl (C=O) groups excluding carboxylic acids is 1. The van der Waals surface area contributed by atoms with Gasteiger partial charge in [-0.05, 0) is 30.7 Å². The van der Waals surface area contributed by atoms with Gasteiger partial charge in [0.15, 0.2) is 5.13 Å². The number of rotatable bonds is 6. The molecule has 1 aromatic carbocycles. The molecule has 2 aliphatic rings. The van der Waals surface area contributed by atoms with E-state index in [1.807, 2.05) is 0 Å². The second kappa shape index (κ2) is 11.0. The van der Waals surface area contributed by atoms with Gasteiger partial charge < -0.3 is 21.7 Å². The minimum atomic E-state index is -5.03. The Morgan fingerprint density at radius 2 is 1.66 bits per heavy atom. The van der Waals surface area contributed by atoms with E-state index in [9.17, 15) is 41.0 Å². The topological polar surface area (TPSA) is 98.3 Å². The van der Waals surface area contributed by atoms with E-state index in [2.05, 4.69) is 15.3 Å². The maximum Gasteiger partial charge on any atom is 1.00 e. The molecule has 3 heterocycles. The summed E-state index contributed by atoms with van der Waals surface area (Å²) in [5.41, 5.74) is -2.80. The van der Waals surface area contributed by atoms with Gasteiger partial charge in [-0.15, -0.1) is 0 Å². The van der Waals surface area contributed by atoms with Crippen LogP contribution in [0.2, 0.25) is 10.0 Å². The van der Waals surface area contributed by atoms with Gasteiger partial charge in [0.05, 0.1) is 26.9 Å². The van der Waals surface area contributed by atoms with Gasteiger partial charge >= 0.3 is 37.2 Å². The van der Waals surface area contributed by atoms with Crippen molar-refractivity contribution in [2.75, 3.05) is 18.0 Å². The molecule has 1 aliphatic carbocycles. The summed E-state index contributed by atoms with van der Waals surface area (Å²) in [5, 5.41) is 13.2. The zero-order valence-electron chi connectivity index (χ0n) is 22.2. The number of aryl methyl sites for hydroxylation is 1. The van der Waals surface area contributed by atoms with Crippen LogP contribution in [0.1, 0.15) is 49.7 Å². The van der Waals surface area contributed by atoms with E-state index in [-0.39, 0.29) is 81.2 Å². The monoisotopic (exact) mass is 634 g/mol. The first-order valence-corrected chi connectivity index (χ1v) is 13.2. The van der Waals surface area contributed by atoms with Crippen LogP contribution in [0.3, 0.4) is 0 Å². The molecule has 2 fully saturated rings. The Labute approximate surface area is 255 Å². The number of nitrogens with one attached hydrogen (secondary N) is 2. The standard InChI is InChI=1S/C24H18Cl2F6N4O3S.Li.H/c1-8-15(25)16(26)18(33-8)20(37)35-17-12-6-36(7-13(12)17)22-34-14(19(40-22)21(38)39)4-9-2-10(23(27,28)29)5-11(3-9)24(30,31)32;;/h2-3,5,12-13,17,33H,4,6-7H2,1H3,(H,35,37)(H,38,39);;/q;+1;-1/t12-,13+,17?;;. The third kappa shape index (κ3) is 6.22. The third-order valence-corrected chi connectivity index (χ3v) is 9.04. The molecule has 1 saturated heterocycles. The average molecular weight is 635 g/mol. The van der Waals surface area contributed by atoms with Gasteiger partial charge in [0.1, 0.15) is 10.6 Å². The van der Waals surface area contributed by atoms with Crippen molar-refractivity contribution in [1.29, 1.82) is 0 Å². The molecule has 216 valence electrons. The fraction of sp³-hybridized carbons (Fsp3) is 0.375. The van der Waals surface area contributed by atoms with Crippen molar-refractivity contribution in [3.63, 3.8) is 0 Å². The third-order valence-electron chi connectivity index (χ3n) is 6.94. The number of benzene rings is 1. The molecule has 7 nitrogen and oxygen atoms in total. The van der Waals surface area contributed by atoms with Crippen LogP contribution in [0.15, 0.2) is 18.2 Å². The quantitative estimate of drug-likeness (QED) is 0.285. The molecule has 1 saturated carbocycles. The first-order valence-electron chi connectivity index (χ1n) is 11.6. The number of aromatic carboxylic acids is 1. The number of hydrogen-bond donors (Lipinski definition) is 3. The molecule has 0 bridgehead atoms. The fourth-order valence-electron chi connectivity index (χ4n) is 4.92. The normalized spacial score (nSPS) is 20.0. The predicted molar refractivity (Wildman–Crippen MR) is 135 cm³/mol. The predicted octanol–water partition coefficient (Wildman–Crippen LogP) is 3.39. The number of piperidine rings is 1. The number of fused-ring (bicyclic) bond motifs is 1. The number of nitrogens with zero attached hydrogens (tertiary/aromatic N) is 2. The summed E-state index contributed by atoms with van der Waals surface area (Å²) in [5.74, 6) is -1.75. The number of aromatic nitrogens is 2. The number of aromatic amines is 1. The van der Waals surface area contributed by atoms with Crippen LogP contribution in [-0.4, -0.2) is 46.1 Å². The fourth-order valence-corrected chi connectivity index (χ4v) is 6.28. The number of hydrogen-bond acceptors (Lipinski definition) is 5. The van der Waals surface area contributed by atoms with Gasteiger partial charge in [-0.3, -0.25) is 4.79 Å². The van der Waals surface area contributed by atoms with Crippen molar-refractivity contribution in [1.82, 2.24) is 15.3 Å². The maximum atomic E-state index is 13.3. The number of H-pyrrole nitrogens is 1. The van der Waals surface area contributed by atoms with Crippen LogP contribution in [0.5, 0.6) is 0 Å². The number of carbonyl (C=O) groups is 2. The molecule has 2 aromatic heterocycles. The van der Waals surface area contributed by atoms with E-state index >= 15 is 0 Å². The average Bonchev–Trinajstić information content (AvgIpc) is 3.21. The molecular formula is C24H19Cl2F6LiN4O3S. The molecule has 3 N–H and O–H groups in total. The zero-order chi connectivity index (χ0) is 29.3. The summed E-state index contributed by atoms with van der Waals surface area (Å²) in [6, 6.07) is 0.970. The van der Waals surface area contributed by atoms with Gasteiger partial charge in [0.25, 0.3) is 5.91 Å². The number of anilines is 1. The summed E-state index contributed by atoms with van der Waals surface area (Å²) >= 11 is 12.9. The second-order valence-electron chi connectivity index (χ2n) is 9.65. The Bertz CT molecular complexity index is 1490. The molecule has 1 amide bonds. The molecule has 3 atom stereocenters. The Morgan fingerprint density at radius 1 is 1.10 bits per heavy atom. The molecule has 0 spiro atoms. The van der Waals surface area contributed by atoms with E-state index in [0.717, 1.165) is 11.3 Å². The summed E-state index contributed by atoms with van der Waals surface area (Å²) in [4.78, 5) is 33.1. The number of carboxylic acid groups (broad SMARTS) is 1. The van der Waals surface area contributed by atoms with Crippen molar-refractivity contribution in [3.8, 4) is 0 Å². The van der Waals surface area contributed by atoms with Crippen LogP contribution in [0.25, 0.3) is 0 Å². The second-order valence-corrected chi connectivity index (χ2v) is 11.4. The number of carboxylic acids is 1. The van der Waals surface area contributed by atoms with Crippen LogP contribution in [-0.2, 0) is 18.8 Å². The molecule has 41 heavy (non-hydrogen) atoms. The molecule has 0 radical (unpaired) electrons. The van der Waals surface area contributed by atoms with Gasteiger partial charge in [-0.2, -0.15) is 26.3 Å². The van der Waals surface area contributed by atoms with Crippen molar-refractivity contribution in [2.24, 2.45) is 11.8 Å². The molecule has 17 heteroatoms. The van der Waals surface area contributed by atoms with Crippen LogP contribution in [0, 0.1) is 18.8 Å². The van der Waals surface area contributed by atoms with E-state index in [1.54, 1.807) is 11.8 Å². The molecule has 5 rings (SSSR count). The van der Waals surface area contributed by atoms with Gasteiger partial charge in [-0.1, -0.05) is 34.5 Å². The van der Waals surface area contributed by atoms with Crippen LogP contribution < -0.4 is 29.1 Å². The van der Waals surface area contributed by atoms with Crippen molar-refractivity contribution in [2.45, 2.75) is 31.7 Å². The summed E-state index contributed by atoms with van der Waals surface area (Å²) in [6.07, 6.45) is -10.6. The smallest absolute Gasteiger partial charge is 1.00 e. The Balaban J connectivity index is 0.00000242. The van der Waals surface area contributed by atoms with Crippen molar-refractivity contribution < 1.29 is 61.3 Å². The molecule has 3 aromatic rings. The molecule has 1 aliphatic heterocycles. The summed E-state index contributed by atoms with van der Waals surface area (Å²) in [6.45, 7) is 2.51. The Hall–Kier alpha value is -2.37. The summed E-state index contributed by atoms with van der Waals surface area (Å²) < 4.78 is 79.5. The molecular weight excluding hydrogens is 616 g/mol. The number of alkyl halides is 6. The maximum absolute atomic E-state index is 13.3. The SMILES string of the molecule is Cc1[nH]c(C(=O)NC2[C@H]3CN(c4nc(Cc5cc(C(F)(F)F)cc(C(F)(F)F)c5)c(C(=O)O)s4)C[C@@H]23)c(Cl)c1Cl.[H-].[Li+]. The number of halogens is 8. The van der Waals surface area contributed by atoms with Gasteiger partial charge in [-0.25, -0.2) is 9.78 Å². The van der Waals surface area contributed by atoms with E-state index in [4.69, 9.17) is 23.2 Å². The first kappa shape index (κ1) is 31.6. The Morgan fingerprint density at radius 3 is 2.12 bits per heavy atom. The van der Waals surface area contributed by atoms with E-state index < -0.39 is 41.8 Å². The minimum Gasteiger partial charge on any atom is -1.00 e. The largest absolute Gasteiger partial charge is 1.00 e. The van der Waals surface area contributed by atoms with E-state index in [0.29, 0.717) is 30.9 Å². The number of amides is 1. The van der Waals surface area contributed by atoms with Crippen LogP contribution >= 0.6 is 34.5 Å². The summed E-state index contributed by atoms with van der Waals surface area (Å²) in [7, 11) is 0. The van der Waals surface area contributed by atoms with Crippen molar-refractivity contribution >= 4 is 51.5 Å². The zero-order valence-corrected chi connectivity index (χ0v) is 23.5. The Kier molecular flexibility index (Phi) is 8.50.